The smallest absolute Gasteiger partial charge is 0.114 e. The van der Waals surface area contributed by atoms with E-state index < -0.39 is 11.3 Å². The summed E-state index contributed by atoms with van der Waals surface area (Å²) in [6, 6.07) is 0.0630. The molecule has 0 amide bonds. The van der Waals surface area contributed by atoms with E-state index in [1.807, 2.05) is 0 Å². The number of halogens is 2. The van der Waals surface area contributed by atoms with E-state index in [2.05, 4.69) is 0 Å². The van der Waals surface area contributed by atoms with Crippen molar-refractivity contribution in [3.63, 3.8) is 0 Å². The third-order valence-corrected chi connectivity index (χ3v) is 4.23. The second-order valence-corrected chi connectivity index (χ2v) is 5.39. The van der Waals surface area contributed by atoms with E-state index >= 15 is 0 Å². The second kappa shape index (κ2) is 2.08. The van der Waals surface area contributed by atoms with Crippen LogP contribution in [-0.2, 0) is 0 Å². The minimum absolute atomic E-state index is 0.0630. The van der Waals surface area contributed by atoms with E-state index in [-0.39, 0.29) is 24.3 Å². The van der Waals surface area contributed by atoms with Crippen LogP contribution in [0.3, 0.4) is 0 Å². The van der Waals surface area contributed by atoms with E-state index in [0.29, 0.717) is 25.7 Å². The Morgan fingerprint density at radius 3 is 1.69 bits per heavy atom. The summed E-state index contributed by atoms with van der Waals surface area (Å²) < 4.78 is 28.0. The number of alkyl halides is 2. The molecule has 4 rings (SSSR count). The Hall–Kier alpha value is -0.180. The van der Waals surface area contributed by atoms with Crippen LogP contribution in [0.15, 0.2) is 0 Å². The van der Waals surface area contributed by atoms with Crippen molar-refractivity contribution in [2.45, 2.75) is 49.5 Å². The fraction of sp³-hybridized carbons (Fsp3) is 1.00. The third kappa shape index (κ3) is 0.997. The summed E-state index contributed by atoms with van der Waals surface area (Å²) in [7, 11) is 0. The van der Waals surface area contributed by atoms with E-state index in [9.17, 15) is 8.78 Å². The molecule has 0 spiro atoms. The van der Waals surface area contributed by atoms with E-state index in [4.69, 9.17) is 5.73 Å². The van der Waals surface area contributed by atoms with Gasteiger partial charge in [-0.05, 0) is 37.5 Å². The van der Waals surface area contributed by atoms with Crippen molar-refractivity contribution >= 4 is 0 Å². The molecule has 0 aromatic heterocycles. The predicted molar refractivity (Wildman–Crippen MR) is 45.7 cm³/mol. The highest BCUT2D eigenvalue weighted by Crippen LogP contribution is 2.59. The van der Waals surface area contributed by atoms with Gasteiger partial charge in [0.2, 0.25) is 0 Å². The van der Waals surface area contributed by atoms with Crippen LogP contribution in [0, 0.1) is 11.8 Å². The summed E-state index contributed by atoms with van der Waals surface area (Å²) in [5, 5.41) is 0. The summed E-state index contributed by atoms with van der Waals surface area (Å²) in [4.78, 5) is 0. The molecule has 0 radical (unpaired) electrons. The zero-order valence-corrected chi connectivity index (χ0v) is 7.60. The molecule has 4 aliphatic rings. The maximum Gasteiger partial charge on any atom is 0.114 e. The fourth-order valence-electron chi connectivity index (χ4n) is 3.98. The number of rotatable bonds is 0. The Morgan fingerprint density at radius 2 is 1.31 bits per heavy atom. The minimum atomic E-state index is -1.21. The molecular formula is C10H15F2N. The maximum atomic E-state index is 14.0. The average molecular weight is 187 g/mol. The van der Waals surface area contributed by atoms with Crippen molar-refractivity contribution < 1.29 is 8.78 Å². The van der Waals surface area contributed by atoms with Gasteiger partial charge in [0.1, 0.15) is 11.3 Å². The third-order valence-electron chi connectivity index (χ3n) is 4.23. The van der Waals surface area contributed by atoms with Crippen LogP contribution in [0.2, 0.25) is 0 Å². The number of hydrogen-bond donors (Lipinski definition) is 1. The normalized spacial score (nSPS) is 64.4. The fourth-order valence-corrected chi connectivity index (χ4v) is 3.98. The lowest BCUT2D eigenvalue weighted by Gasteiger charge is -2.58. The highest BCUT2D eigenvalue weighted by atomic mass is 19.2. The molecule has 0 aliphatic heterocycles. The maximum absolute atomic E-state index is 14.0. The molecule has 0 unspecified atom stereocenters. The summed E-state index contributed by atoms with van der Waals surface area (Å²) in [6.07, 6.45) is 2.18. The van der Waals surface area contributed by atoms with Gasteiger partial charge in [0.05, 0.1) is 0 Å². The van der Waals surface area contributed by atoms with Gasteiger partial charge in [-0.2, -0.15) is 0 Å². The van der Waals surface area contributed by atoms with Crippen molar-refractivity contribution in [3.05, 3.63) is 0 Å². The summed E-state index contributed by atoms with van der Waals surface area (Å²) in [5.41, 5.74) is 3.53. The predicted octanol–water partition coefficient (Wildman–Crippen LogP) is 1.95. The van der Waals surface area contributed by atoms with Crippen LogP contribution >= 0.6 is 0 Å². The van der Waals surface area contributed by atoms with Crippen molar-refractivity contribution in [2.75, 3.05) is 0 Å². The van der Waals surface area contributed by atoms with Gasteiger partial charge in [0.15, 0.2) is 0 Å². The van der Waals surface area contributed by atoms with Crippen molar-refractivity contribution in [2.24, 2.45) is 17.6 Å². The molecule has 4 bridgehead atoms. The first-order valence-electron chi connectivity index (χ1n) is 5.13. The Balaban J connectivity index is 1.99. The molecule has 4 aliphatic carbocycles. The van der Waals surface area contributed by atoms with Crippen LogP contribution in [0.5, 0.6) is 0 Å². The lowest BCUT2D eigenvalue weighted by atomic mass is 9.52. The van der Waals surface area contributed by atoms with Gasteiger partial charge in [-0.1, -0.05) is 0 Å². The first-order valence-corrected chi connectivity index (χ1v) is 5.13. The molecule has 0 atom stereocenters. The summed E-state index contributed by atoms with van der Waals surface area (Å²) in [5.74, 6) is 0.215. The zero-order chi connectivity index (χ0) is 9.27. The molecule has 74 valence electrons. The van der Waals surface area contributed by atoms with Gasteiger partial charge in [-0.15, -0.1) is 0 Å². The van der Waals surface area contributed by atoms with E-state index in [1.165, 1.54) is 0 Å². The van der Waals surface area contributed by atoms with E-state index in [0.717, 1.165) is 0 Å². The number of hydrogen-bond acceptors (Lipinski definition) is 1. The van der Waals surface area contributed by atoms with Crippen molar-refractivity contribution in [1.29, 1.82) is 0 Å². The highest BCUT2D eigenvalue weighted by molar-refractivity contribution is 5.13. The molecule has 0 aromatic carbocycles. The SMILES string of the molecule is NC1C2CC3(F)CC1CC(F)(C2)C3. The molecule has 0 heterocycles. The molecule has 0 aromatic rings. The molecule has 13 heavy (non-hydrogen) atoms. The van der Waals surface area contributed by atoms with Crippen LogP contribution in [-0.4, -0.2) is 17.4 Å². The quantitative estimate of drug-likeness (QED) is 0.616. The van der Waals surface area contributed by atoms with E-state index in [1.54, 1.807) is 0 Å². The molecule has 3 heteroatoms. The molecule has 0 saturated heterocycles. The van der Waals surface area contributed by atoms with Crippen LogP contribution in [0.1, 0.15) is 32.1 Å². The molecule has 1 nitrogen and oxygen atoms in total. The van der Waals surface area contributed by atoms with Gasteiger partial charge in [-0.25, -0.2) is 8.78 Å². The Labute approximate surface area is 76.7 Å². The van der Waals surface area contributed by atoms with Crippen LogP contribution in [0.4, 0.5) is 8.78 Å². The Kier molecular flexibility index (Phi) is 1.30. The first-order chi connectivity index (χ1) is 6.00. The average Bonchev–Trinajstić information content (AvgIpc) is 1.94. The standard InChI is InChI=1S/C10H15F2N/c11-9-1-6-2-10(12,5-9)4-7(3-9)8(6)13/h6-8H,1-5,13H2. The van der Waals surface area contributed by atoms with Crippen LogP contribution in [0.25, 0.3) is 0 Å². The van der Waals surface area contributed by atoms with Crippen LogP contribution < -0.4 is 5.73 Å². The lowest BCUT2D eigenvalue weighted by molar-refractivity contribution is -0.142. The molecular weight excluding hydrogens is 172 g/mol. The summed E-state index contributed by atoms with van der Waals surface area (Å²) in [6.45, 7) is 0. The lowest BCUT2D eigenvalue weighted by Crippen LogP contribution is -2.63. The topological polar surface area (TPSA) is 26.0 Å². The van der Waals surface area contributed by atoms with Gasteiger partial charge in [0.25, 0.3) is 0 Å². The van der Waals surface area contributed by atoms with Gasteiger partial charge in [-0.3, -0.25) is 0 Å². The molecule has 4 saturated carbocycles. The van der Waals surface area contributed by atoms with Crippen molar-refractivity contribution in [3.8, 4) is 0 Å². The molecule has 4 fully saturated rings. The Morgan fingerprint density at radius 1 is 0.923 bits per heavy atom. The highest BCUT2D eigenvalue weighted by Gasteiger charge is 2.61. The van der Waals surface area contributed by atoms with Gasteiger partial charge in [0, 0.05) is 12.5 Å². The minimum Gasteiger partial charge on any atom is -0.327 e. The zero-order valence-electron chi connectivity index (χ0n) is 7.60. The largest absolute Gasteiger partial charge is 0.327 e. The molecule has 2 N–H and O–H groups in total. The van der Waals surface area contributed by atoms with Gasteiger partial charge >= 0.3 is 0 Å². The second-order valence-electron chi connectivity index (χ2n) is 5.39. The van der Waals surface area contributed by atoms with Crippen molar-refractivity contribution in [1.82, 2.24) is 0 Å². The summed E-state index contributed by atoms with van der Waals surface area (Å²) >= 11 is 0. The first kappa shape index (κ1) is 8.16. The van der Waals surface area contributed by atoms with Gasteiger partial charge < -0.3 is 5.73 Å². The Bertz CT molecular complexity index is 217. The monoisotopic (exact) mass is 187 g/mol. The number of nitrogens with two attached hydrogens (primary N) is 1.